The van der Waals surface area contributed by atoms with Crippen LogP contribution in [0.3, 0.4) is 0 Å². The summed E-state index contributed by atoms with van der Waals surface area (Å²) in [6.45, 7) is 4.38. The topological polar surface area (TPSA) is 24.9 Å². The van der Waals surface area contributed by atoms with Crippen LogP contribution >= 0.6 is 23.1 Å². The van der Waals surface area contributed by atoms with E-state index in [1.807, 2.05) is 18.8 Å². The van der Waals surface area contributed by atoms with E-state index in [1.54, 1.807) is 11.3 Å². The van der Waals surface area contributed by atoms with Crippen LogP contribution < -0.4 is 5.32 Å². The molecule has 0 aromatic carbocycles. The lowest BCUT2D eigenvalue weighted by Gasteiger charge is -2.12. The van der Waals surface area contributed by atoms with Gasteiger partial charge in [-0.2, -0.15) is 11.8 Å². The van der Waals surface area contributed by atoms with Crippen LogP contribution in [0.5, 0.6) is 0 Å². The number of thiazole rings is 1. The van der Waals surface area contributed by atoms with Gasteiger partial charge in [-0.3, -0.25) is 0 Å². The lowest BCUT2D eigenvalue weighted by atomic mass is 10.1. The molecule has 0 radical (unpaired) electrons. The molecule has 4 heteroatoms. The van der Waals surface area contributed by atoms with Crippen molar-refractivity contribution in [2.24, 2.45) is 0 Å². The van der Waals surface area contributed by atoms with Gasteiger partial charge in [0.1, 0.15) is 5.01 Å². The van der Waals surface area contributed by atoms with Crippen LogP contribution in [0.4, 0.5) is 0 Å². The van der Waals surface area contributed by atoms with Gasteiger partial charge in [0, 0.05) is 5.38 Å². The Morgan fingerprint density at radius 3 is 2.73 bits per heavy atom. The van der Waals surface area contributed by atoms with Gasteiger partial charge in [0.05, 0.1) is 11.7 Å². The minimum Gasteiger partial charge on any atom is -0.311 e. The van der Waals surface area contributed by atoms with Gasteiger partial charge in [-0.05, 0) is 31.4 Å². The number of thioether (sulfide) groups is 1. The van der Waals surface area contributed by atoms with Crippen molar-refractivity contribution in [2.45, 2.75) is 32.2 Å². The Kier molecular flexibility index (Phi) is 5.64. The molecule has 0 fully saturated rings. The number of rotatable bonds is 6. The summed E-state index contributed by atoms with van der Waals surface area (Å²) in [6.07, 6.45) is 3.30. The summed E-state index contributed by atoms with van der Waals surface area (Å²) in [4.78, 5) is 4.68. The summed E-state index contributed by atoms with van der Waals surface area (Å²) >= 11 is 3.67. The average Bonchev–Trinajstić information content (AvgIpc) is 2.68. The highest BCUT2D eigenvalue weighted by Crippen LogP contribution is 2.25. The molecule has 0 aliphatic heterocycles. The minimum atomic E-state index is 0.426. The molecule has 15 heavy (non-hydrogen) atoms. The van der Waals surface area contributed by atoms with Crippen molar-refractivity contribution in [1.29, 1.82) is 0 Å². The molecule has 1 heterocycles. The van der Waals surface area contributed by atoms with Crippen LogP contribution in [0.15, 0.2) is 5.38 Å². The van der Waals surface area contributed by atoms with Gasteiger partial charge >= 0.3 is 0 Å². The number of hydrogen-bond donors (Lipinski definition) is 1. The van der Waals surface area contributed by atoms with E-state index in [4.69, 9.17) is 0 Å². The van der Waals surface area contributed by atoms with Crippen LogP contribution in [-0.2, 0) is 0 Å². The van der Waals surface area contributed by atoms with Crippen LogP contribution in [0.1, 0.15) is 42.9 Å². The predicted octanol–water partition coefficient (Wildman–Crippen LogP) is 3.28. The Morgan fingerprint density at radius 2 is 2.27 bits per heavy atom. The Bertz CT molecular complexity index is 284. The highest BCUT2D eigenvalue weighted by Gasteiger charge is 2.14. The highest BCUT2D eigenvalue weighted by molar-refractivity contribution is 7.98. The fourth-order valence-corrected chi connectivity index (χ4v) is 2.95. The monoisotopic (exact) mass is 244 g/mol. The number of nitrogens with zero attached hydrogens (tertiary/aromatic N) is 1. The molecule has 1 unspecified atom stereocenters. The maximum absolute atomic E-state index is 4.68. The van der Waals surface area contributed by atoms with Crippen molar-refractivity contribution in [3.63, 3.8) is 0 Å². The second-order valence-corrected chi connectivity index (χ2v) is 5.76. The molecular formula is C11H20N2S2. The Balaban J connectivity index is 2.65. The van der Waals surface area contributed by atoms with Gasteiger partial charge in [-0.1, -0.05) is 13.8 Å². The first-order chi connectivity index (χ1) is 7.19. The SMILES string of the molecule is CNC(CCSC)c1nc(C(C)C)cs1. The standard InChI is InChI=1S/C11H20N2S2/c1-8(2)10-7-15-11(13-10)9(12-3)5-6-14-4/h7-9,12H,5-6H2,1-4H3. The quantitative estimate of drug-likeness (QED) is 0.831. The molecule has 0 saturated carbocycles. The van der Waals surface area contributed by atoms with Crippen molar-refractivity contribution in [1.82, 2.24) is 10.3 Å². The van der Waals surface area contributed by atoms with E-state index in [0.717, 1.165) is 6.42 Å². The average molecular weight is 244 g/mol. The minimum absolute atomic E-state index is 0.426. The first-order valence-corrected chi connectivity index (χ1v) is 7.58. The molecule has 0 aliphatic rings. The highest BCUT2D eigenvalue weighted by atomic mass is 32.2. The van der Waals surface area contributed by atoms with E-state index in [-0.39, 0.29) is 0 Å². The molecule has 0 amide bonds. The molecule has 86 valence electrons. The predicted molar refractivity (Wildman–Crippen MR) is 71.0 cm³/mol. The Hall–Kier alpha value is -0.0600. The van der Waals surface area contributed by atoms with Gasteiger partial charge in [-0.15, -0.1) is 11.3 Å². The molecule has 2 nitrogen and oxygen atoms in total. The third-order valence-electron chi connectivity index (χ3n) is 2.39. The lowest BCUT2D eigenvalue weighted by molar-refractivity contribution is 0.575. The second kappa shape index (κ2) is 6.51. The van der Waals surface area contributed by atoms with Gasteiger partial charge < -0.3 is 5.32 Å². The third-order valence-corrected chi connectivity index (χ3v) is 4.01. The van der Waals surface area contributed by atoms with Crippen LogP contribution in [0.25, 0.3) is 0 Å². The Labute approximate surface area is 101 Å². The maximum Gasteiger partial charge on any atom is 0.110 e. The fraction of sp³-hybridized carbons (Fsp3) is 0.727. The van der Waals surface area contributed by atoms with Gasteiger partial charge in [0.25, 0.3) is 0 Å². The number of aromatic nitrogens is 1. The summed E-state index contributed by atoms with van der Waals surface area (Å²) in [7, 11) is 2.02. The van der Waals surface area contributed by atoms with E-state index in [9.17, 15) is 0 Å². The molecule has 0 aliphatic carbocycles. The van der Waals surface area contributed by atoms with Crippen molar-refractivity contribution < 1.29 is 0 Å². The van der Waals surface area contributed by atoms with E-state index in [1.165, 1.54) is 16.5 Å². The largest absolute Gasteiger partial charge is 0.311 e. The van der Waals surface area contributed by atoms with Crippen molar-refractivity contribution in [3.05, 3.63) is 16.1 Å². The van der Waals surface area contributed by atoms with Crippen molar-refractivity contribution >= 4 is 23.1 Å². The zero-order valence-electron chi connectivity index (χ0n) is 9.91. The molecule has 1 rings (SSSR count). The number of hydrogen-bond acceptors (Lipinski definition) is 4. The van der Waals surface area contributed by atoms with Crippen molar-refractivity contribution in [2.75, 3.05) is 19.1 Å². The zero-order valence-corrected chi connectivity index (χ0v) is 11.5. The lowest BCUT2D eigenvalue weighted by Crippen LogP contribution is -2.17. The van der Waals surface area contributed by atoms with Gasteiger partial charge in [0.15, 0.2) is 0 Å². The maximum atomic E-state index is 4.68. The molecule has 1 atom stereocenters. The molecular weight excluding hydrogens is 224 g/mol. The molecule has 1 aromatic heterocycles. The van der Waals surface area contributed by atoms with E-state index < -0.39 is 0 Å². The van der Waals surface area contributed by atoms with Gasteiger partial charge in [-0.25, -0.2) is 4.98 Å². The van der Waals surface area contributed by atoms with Gasteiger partial charge in [0.2, 0.25) is 0 Å². The fourth-order valence-electron chi connectivity index (χ4n) is 1.35. The normalized spacial score (nSPS) is 13.4. The third kappa shape index (κ3) is 3.78. The molecule has 0 bridgehead atoms. The molecule has 0 spiro atoms. The molecule has 1 N–H and O–H groups in total. The van der Waals surface area contributed by atoms with Crippen LogP contribution in [0, 0.1) is 0 Å². The zero-order chi connectivity index (χ0) is 11.3. The van der Waals surface area contributed by atoms with Crippen LogP contribution in [-0.4, -0.2) is 24.0 Å². The van der Waals surface area contributed by atoms with E-state index >= 15 is 0 Å². The number of nitrogens with one attached hydrogen (secondary N) is 1. The van der Waals surface area contributed by atoms with Crippen molar-refractivity contribution in [3.8, 4) is 0 Å². The summed E-state index contributed by atoms with van der Waals surface area (Å²) in [6, 6.07) is 0.426. The summed E-state index contributed by atoms with van der Waals surface area (Å²) in [5, 5.41) is 6.76. The second-order valence-electron chi connectivity index (χ2n) is 3.89. The summed E-state index contributed by atoms with van der Waals surface area (Å²) in [5.41, 5.74) is 1.22. The smallest absolute Gasteiger partial charge is 0.110 e. The Morgan fingerprint density at radius 1 is 1.53 bits per heavy atom. The first kappa shape index (κ1) is 13.0. The summed E-state index contributed by atoms with van der Waals surface area (Å²) in [5.74, 6) is 1.72. The van der Waals surface area contributed by atoms with E-state index in [0.29, 0.717) is 12.0 Å². The van der Waals surface area contributed by atoms with E-state index in [2.05, 4.69) is 35.8 Å². The molecule has 0 saturated heterocycles. The van der Waals surface area contributed by atoms with Crippen LogP contribution in [0.2, 0.25) is 0 Å². The molecule has 1 aromatic rings. The summed E-state index contributed by atoms with van der Waals surface area (Å²) < 4.78 is 0. The first-order valence-electron chi connectivity index (χ1n) is 5.30.